The van der Waals surface area contributed by atoms with Gasteiger partial charge in [0.15, 0.2) is 0 Å². The van der Waals surface area contributed by atoms with Crippen LogP contribution >= 0.6 is 0 Å². The Hall–Kier alpha value is -2.48. The number of rotatable bonds is 2. The highest BCUT2D eigenvalue weighted by Crippen LogP contribution is 2.19. The van der Waals surface area contributed by atoms with Gasteiger partial charge >= 0.3 is 0 Å². The van der Waals surface area contributed by atoms with Crippen LogP contribution in [0.4, 0.5) is 0 Å². The fourth-order valence-electron chi connectivity index (χ4n) is 2.59. The van der Waals surface area contributed by atoms with E-state index in [1.165, 1.54) is 11.1 Å². The summed E-state index contributed by atoms with van der Waals surface area (Å²) in [7, 11) is 0. The van der Waals surface area contributed by atoms with Crippen molar-refractivity contribution < 1.29 is 4.79 Å². The number of hydrogen-bond acceptors (Lipinski definition) is 2. The van der Waals surface area contributed by atoms with Gasteiger partial charge in [-0.2, -0.15) is 0 Å². The van der Waals surface area contributed by atoms with E-state index in [-0.39, 0.29) is 5.78 Å². The maximum absolute atomic E-state index is 12.1. The molecule has 0 unspecified atom stereocenters. The number of aliphatic imine (C=N–C) groups is 1. The van der Waals surface area contributed by atoms with E-state index >= 15 is 0 Å². The van der Waals surface area contributed by atoms with Crippen LogP contribution in [0.2, 0.25) is 0 Å². The largest absolute Gasteiger partial charge is 0.288 e. The third-order valence-electron chi connectivity index (χ3n) is 3.77. The Balaban J connectivity index is 1.96. The number of carbonyl (C=O) groups excluding carboxylic acids is 1. The first-order chi connectivity index (χ1) is 10.1. The topological polar surface area (TPSA) is 29.4 Å². The van der Waals surface area contributed by atoms with E-state index in [0.29, 0.717) is 12.3 Å². The monoisotopic (exact) mass is 275 g/mol. The van der Waals surface area contributed by atoms with Crippen LogP contribution in [0, 0.1) is 13.8 Å². The van der Waals surface area contributed by atoms with Gasteiger partial charge in [-0.3, -0.25) is 9.79 Å². The zero-order valence-electron chi connectivity index (χ0n) is 12.3. The van der Waals surface area contributed by atoms with Gasteiger partial charge in [-0.1, -0.05) is 54.1 Å². The molecule has 2 heteroatoms. The summed E-state index contributed by atoms with van der Waals surface area (Å²) < 4.78 is 0. The second-order valence-electron chi connectivity index (χ2n) is 5.38. The SMILES string of the molecule is Cc1ccc(CN=C2C(=O)C=Cc3ccccc32)c(C)c1. The molecule has 0 fully saturated rings. The highest BCUT2D eigenvalue weighted by Gasteiger charge is 2.17. The molecule has 2 nitrogen and oxygen atoms in total. The normalized spacial score (nSPS) is 15.3. The molecule has 0 heterocycles. The van der Waals surface area contributed by atoms with Crippen molar-refractivity contribution in [2.75, 3.05) is 0 Å². The van der Waals surface area contributed by atoms with Gasteiger partial charge in [0.1, 0.15) is 5.71 Å². The average Bonchev–Trinajstić information content (AvgIpc) is 2.48. The lowest BCUT2D eigenvalue weighted by atomic mass is 9.94. The predicted molar refractivity (Wildman–Crippen MR) is 86.6 cm³/mol. The molecule has 1 aliphatic rings. The Morgan fingerprint density at radius 1 is 1.00 bits per heavy atom. The molecule has 0 spiro atoms. The smallest absolute Gasteiger partial charge is 0.204 e. The summed E-state index contributed by atoms with van der Waals surface area (Å²) in [5, 5.41) is 0. The minimum Gasteiger partial charge on any atom is -0.288 e. The molecule has 0 bridgehead atoms. The molecule has 0 aromatic heterocycles. The second kappa shape index (κ2) is 5.49. The average molecular weight is 275 g/mol. The molecular weight excluding hydrogens is 258 g/mol. The fourth-order valence-corrected chi connectivity index (χ4v) is 2.59. The van der Waals surface area contributed by atoms with Crippen molar-refractivity contribution in [3.05, 3.63) is 76.4 Å². The third kappa shape index (κ3) is 2.70. The van der Waals surface area contributed by atoms with Gasteiger partial charge in [-0.05, 0) is 36.6 Å². The van der Waals surface area contributed by atoms with E-state index in [1.54, 1.807) is 6.08 Å². The van der Waals surface area contributed by atoms with Crippen molar-refractivity contribution in [2.45, 2.75) is 20.4 Å². The standard InChI is InChI=1S/C19H17NO/c1-13-7-8-16(14(2)11-13)12-20-19-17-6-4-3-5-15(17)9-10-18(19)21/h3-11H,12H2,1-2H3. The van der Waals surface area contributed by atoms with E-state index in [1.807, 2.05) is 30.3 Å². The van der Waals surface area contributed by atoms with E-state index < -0.39 is 0 Å². The lowest BCUT2D eigenvalue weighted by Gasteiger charge is -2.12. The zero-order valence-corrected chi connectivity index (χ0v) is 12.3. The number of benzene rings is 2. The van der Waals surface area contributed by atoms with E-state index in [4.69, 9.17) is 0 Å². The summed E-state index contributed by atoms with van der Waals surface area (Å²) in [6.07, 6.45) is 3.46. The zero-order chi connectivity index (χ0) is 14.8. The van der Waals surface area contributed by atoms with Crippen molar-refractivity contribution in [1.82, 2.24) is 0 Å². The van der Waals surface area contributed by atoms with Gasteiger partial charge < -0.3 is 0 Å². The number of allylic oxidation sites excluding steroid dienone is 1. The minimum absolute atomic E-state index is 0.0153. The summed E-state index contributed by atoms with van der Waals surface area (Å²) in [5.74, 6) is -0.0153. The fraction of sp³-hybridized carbons (Fsp3) is 0.158. The summed E-state index contributed by atoms with van der Waals surface area (Å²) >= 11 is 0. The van der Waals surface area contributed by atoms with Crippen molar-refractivity contribution >= 4 is 17.6 Å². The molecular formula is C19H17NO. The second-order valence-corrected chi connectivity index (χ2v) is 5.38. The van der Waals surface area contributed by atoms with E-state index in [0.717, 1.165) is 16.7 Å². The molecule has 0 amide bonds. The van der Waals surface area contributed by atoms with Crippen LogP contribution in [-0.2, 0) is 11.3 Å². The first kappa shape index (κ1) is 13.5. The third-order valence-corrected chi connectivity index (χ3v) is 3.77. The summed E-state index contributed by atoms with van der Waals surface area (Å²) in [5.41, 5.74) is 6.16. The van der Waals surface area contributed by atoms with Crippen LogP contribution in [0.3, 0.4) is 0 Å². The molecule has 104 valence electrons. The molecule has 0 saturated carbocycles. The van der Waals surface area contributed by atoms with Crippen LogP contribution in [0.25, 0.3) is 6.08 Å². The molecule has 0 saturated heterocycles. The van der Waals surface area contributed by atoms with Gasteiger partial charge in [-0.15, -0.1) is 0 Å². The molecule has 2 aromatic rings. The number of hydrogen-bond donors (Lipinski definition) is 0. The molecule has 0 N–H and O–H groups in total. The maximum Gasteiger partial charge on any atom is 0.204 e. The van der Waals surface area contributed by atoms with Gasteiger partial charge in [0.05, 0.1) is 6.54 Å². The molecule has 0 aliphatic heterocycles. The number of fused-ring (bicyclic) bond motifs is 1. The van der Waals surface area contributed by atoms with Crippen molar-refractivity contribution in [3.63, 3.8) is 0 Å². The summed E-state index contributed by atoms with van der Waals surface area (Å²) in [6, 6.07) is 14.2. The minimum atomic E-state index is -0.0153. The van der Waals surface area contributed by atoms with Crippen molar-refractivity contribution in [2.24, 2.45) is 4.99 Å². The number of aryl methyl sites for hydroxylation is 2. The van der Waals surface area contributed by atoms with Crippen LogP contribution in [0.1, 0.15) is 27.8 Å². The van der Waals surface area contributed by atoms with Crippen LogP contribution in [0.5, 0.6) is 0 Å². The number of ketones is 1. The first-order valence-electron chi connectivity index (χ1n) is 7.07. The van der Waals surface area contributed by atoms with Gasteiger partial charge in [0.25, 0.3) is 0 Å². The molecule has 0 atom stereocenters. The van der Waals surface area contributed by atoms with E-state index in [2.05, 4.69) is 37.0 Å². The molecule has 21 heavy (non-hydrogen) atoms. The Labute approximate surface area is 124 Å². The van der Waals surface area contributed by atoms with Crippen LogP contribution < -0.4 is 0 Å². The summed E-state index contributed by atoms with van der Waals surface area (Å²) in [4.78, 5) is 16.7. The van der Waals surface area contributed by atoms with Gasteiger partial charge in [-0.25, -0.2) is 0 Å². The number of carbonyl (C=O) groups is 1. The molecule has 0 radical (unpaired) electrons. The van der Waals surface area contributed by atoms with Gasteiger partial charge in [0.2, 0.25) is 5.78 Å². The van der Waals surface area contributed by atoms with Crippen LogP contribution in [0.15, 0.2) is 53.5 Å². The molecule has 1 aliphatic carbocycles. The Bertz CT molecular complexity index is 769. The quantitative estimate of drug-likeness (QED) is 0.817. The number of nitrogens with zero attached hydrogens (tertiary/aromatic N) is 1. The highest BCUT2D eigenvalue weighted by atomic mass is 16.1. The van der Waals surface area contributed by atoms with E-state index in [9.17, 15) is 4.79 Å². The Kier molecular flexibility index (Phi) is 3.53. The van der Waals surface area contributed by atoms with Gasteiger partial charge in [0, 0.05) is 5.56 Å². The van der Waals surface area contributed by atoms with Crippen molar-refractivity contribution in [3.8, 4) is 0 Å². The van der Waals surface area contributed by atoms with Crippen molar-refractivity contribution in [1.29, 1.82) is 0 Å². The molecule has 3 rings (SSSR count). The first-order valence-corrected chi connectivity index (χ1v) is 7.07. The lowest BCUT2D eigenvalue weighted by Crippen LogP contribution is -2.18. The summed E-state index contributed by atoms with van der Waals surface area (Å²) in [6.45, 7) is 4.70. The highest BCUT2D eigenvalue weighted by molar-refractivity contribution is 6.52. The van der Waals surface area contributed by atoms with Crippen LogP contribution in [-0.4, -0.2) is 11.5 Å². The Morgan fingerprint density at radius 3 is 2.62 bits per heavy atom. The molecule has 2 aromatic carbocycles. The lowest BCUT2D eigenvalue weighted by molar-refractivity contribution is -0.108. The Morgan fingerprint density at radius 2 is 1.81 bits per heavy atom. The predicted octanol–water partition coefficient (Wildman–Crippen LogP) is 3.89. The maximum atomic E-state index is 12.1.